The van der Waals surface area contributed by atoms with Gasteiger partial charge >= 0.3 is 232 Å². The van der Waals surface area contributed by atoms with Crippen molar-refractivity contribution in [2.75, 3.05) is 6.16 Å². The summed E-state index contributed by atoms with van der Waals surface area (Å²) in [6, 6.07) is 12.0. The van der Waals surface area contributed by atoms with E-state index in [4.69, 9.17) is 5.11 Å². The molecule has 218 valence electrons. The fourth-order valence-electron chi connectivity index (χ4n) is 4.58. The molecule has 0 fully saturated rings. The molecule has 3 rings (SSSR count). The minimum atomic E-state index is -4.68. The molecule has 3 aromatic rings. The van der Waals surface area contributed by atoms with Gasteiger partial charge in [0.25, 0.3) is 0 Å². The van der Waals surface area contributed by atoms with Gasteiger partial charge < -0.3 is 0 Å². The molecule has 0 amide bonds. The van der Waals surface area contributed by atoms with Crippen LogP contribution in [0.4, 0.5) is 39.5 Å². The van der Waals surface area contributed by atoms with E-state index in [9.17, 15) is 44.3 Å². The number of unbranched alkanes of at least 4 members (excludes halogenated alkanes) is 2. The quantitative estimate of drug-likeness (QED) is 0.142. The van der Waals surface area contributed by atoms with Crippen LogP contribution >= 0.6 is 20.8 Å². The van der Waals surface area contributed by atoms with Crippen LogP contribution < -0.4 is 15.9 Å². The molecular weight excluding hydrogens is 638 g/mol. The van der Waals surface area contributed by atoms with Crippen LogP contribution in [0, 0.1) is 0 Å². The standard InChI is InChI=1S/C27H23BrF9O2P/c28-40(17-3-1-2-4-24(38)39,21-11-5-18(6-12-21)25(29,30)31,22-13-7-19(8-14-22)26(32,33)34)23-15-9-20(10-16-23)27(35,36)37/h5-16H,1-4,17H2,(H,38,39). The summed E-state index contributed by atoms with van der Waals surface area (Å²) < 4.78 is 120. The van der Waals surface area contributed by atoms with Crippen molar-refractivity contribution in [2.24, 2.45) is 0 Å². The van der Waals surface area contributed by atoms with Crippen LogP contribution in [0.2, 0.25) is 0 Å². The molecule has 1 N–H and O–H groups in total. The number of benzene rings is 3. The van der Waals surface area contributed by atoms with Gasteiger partial charge in [-0.25, -0.2) is 0 Å². The molecule has 0 radical (unpaired) electrons. The van der Waals surface area contributed by atoms with Gasteiger partial charge in [-0.3, -0.25) is 0 Å². The van der Waals surface area contributed by atoms with Crippen molar-refractivity contribution in [1.82, 2.24) is 0 Å². The number of hydrogen-bond acceptors (Lipinski definition) is 1. The van der Waals surface area contributed by atoms with Crippen molar-refractivity contribution >= 4 is 42.7 Å². The Labute approximate surface area is 231 Å². The zero-order chi connectivity index (χ0) is 30.0. The second kappa shape index (κ2) is 11.4. The van der Waals surface area contributed by atoms with Crippen LogP contribution in [0.3, 0.4) is 0 Å². The summed E-state index contributed by atoms with van der Waals surface area (Å²) in [5.41, 5.74) is -2.93. The van der Waals surface area contributed by atoms with Crippen LogP contribution in [0.5, 0.6) is 0 Å². The molecular formula is C27H23BrF9O2P. The molecule has 3 aromatic carbocycles. The Bertz CT molecular complexity index is 1170. The average Bonchev–Trinajstić information content (AvgIpc) is 2.87. The fraction of sp³-hybridized carbons (Fsp3) is 0.296. The van der Waals surface area contributed by atoms with Gasteiger partial charge in [-0.15, -0.1) is 0 Å². The number of halogens is 10. The first-order chi connectivity index (χ1) is 18.4. The molecule has 0 bridgehead atoms. The van der Waals surface area contributed by atoms with Crippen LogP contribution in [-0.4, -0.2) is 17.2 Å². The van der Waals surface area contributed by atoms with E-state index in [2.05, 4.69) is 15.5 Å². The van der Waals surface area contributed by atoms with Crippen LogP contribution in [0.1, 0.15) is 42.4 Å². The normalized spacial score (nSPS) is 14.0. The molecule has 0 aliphatic heterocycles. The molecule has 0 atom stereocenters. The van der Waals surface area contributed by atoms with E-state index in [0.717, 1.165) is 36.4 Å². The summed E-state index contributed by atoms with van der Waals surface area (Å²) >= 11 is 3.79. The van der Waals surface area contributed by atoms with Gasteiger partial charge in [0.1, 0.15) is 0 Å². The van der Waals surface area contributed by atoms with Gasteiger partial charge in [0.2, 0.25) is 0 Å². The molecule has 0 aliphatic rings. The fourth-order valence-corrected chi connectivity index (χ4v) is 12.3. The molecule has 0 aliphatic carbocycles. The zero-order valence-electron chi connectivity index (χ0n) is 20.5. The Kier molecular flexibility index (Phi) is 9.06. The average molecular weight is 661 g/mol. The Hall–Kier alpha value is -2.59. The summed E-state index contributed by atoms with van der Waals surface area (Å²) in [6.07, 6.45) is -13.2. The predicted molar refractivity (Wildman–Crippen MR) is 140 cm³/mol. The van der Waals surface area contributed by atoms with Crippen molar-refractivity contribution in [3.05, 3.63) is 89.5 Å². The molecule has 0 spiro atoms. The van der Waals surface area contributed by atoms with Crippen LogP contribution in [0.15, 0.2) is 72.8 Å². The Balaban J connectivity index is 2.30. The summed E-state index contributed by atoms with van der Waals surface area (Å²) in [7, 11) is 0. The molecule has 0 saturated carbocycles. The molecule has 40 heavy (non-hydrogen) atoms. The van der Waals surface area contributed by atoms with Gasteiger partial charge in [0.15, 0.2) is 0 Å². The number of carbonyl (C=O) groups is 1. The van der Waals surface area contributed by atoms with Gasteiger partial charge in [-0.2, -0.15) is 0 Å². The van der Waals surface area contributed by atoms with Crippen LogP contribution in [0.25, 0.3) is 0 Å². The predicted octanol–water partition coefficient (Wildman–Crippen LogP) is 8.53. The number of carboxylic acids is 1. The van der Waals surface area contributed by atoms with Crippen molar-refractivity contribution < 1.29 is 49.4 Å². The van der Waals surface area contributed by atoms with Gasteiger partial charge in [-0.05, 0) is 0 Å². The second-order valence-corrected chi connectivity index (χ2v) is 18.3. The summed E-state index contributed by atoms with van der Waals surface area (Å²) in [5, 5.41) is 5.53. The number of carboxylic acid groups (broad SMARTS) is 1. The summed E-state index contributed by atoms with van der Waals surface area (Å²) in [6.45, 7) is 0. The van der Waals surface area contributed by atoms with Crippen molar-refractivity contribution in [1.29, 1.82) is 0 Å². The maximum atomic E-state index is 13.4. The van der Waals surface area contributed by atoms with Crippen molar-refractivity contribution in [3.8, 4) is 0 Å². The monoisotopic (exact) mass is 660 g/mol. The first kappa shape index (κ1) is 31.9. The maximum absolute atomic E-state index is 13.4. The molecule has 0 unspecified atom stereocenters. The number of alkyl halides is 9. The van der Waals surface area contributed by atoms with E-state index in [1.807, 2.05) is 0 Å². The summed E-state index contributed by atoms with van der Waals surface area (Å²) in [5.74, 6) is -1.04. The van der Waals surface area contributed by atoms with Crippen molar-refractivity contribution in [2.45, 2.75) is 44.2 Å². The third-order valence-corrected chi connectivity index (χ3v) is 16.7. The van der Waals surface area contributed by atoms with Crippen molar-refractivity contribution in [3.63, 3.8) is 0 Å². The Morgan fingerprint density at radius 2 is 0.875 bits per heavy atom. The van der Waals surface area contributed by atoms with E-state index in [1.54, 1.807) is 0 Å². The third kappa shape index (κ3) is 6.65. The van der Waals surface area contributed by atoms with Gasteiger partial charge in [-0.1, -0.05) is 0 Å². The van der Waals surface area contributed by atoms with E-state index in [-0.39, 0.29) is 41.3 Å². The molecule has 13 heteroatoms. The topological polar surface area (TPSA) is 37.3 Å². The van der Waals surface area contributed by atoms with E-state index in [1.165, 1.54) is 36.4 Å². The third-order valence-electron chi connectivity index (χ3n) is 6.67. The number of aliphatic carboxylic acids is 1. The zero-order valence-corrected chi connectivity index (χ0v) is 23.0. The number of hydrogen-bond donors (Lipinski definition) is 1. The first-order valence-corrected chi connectivity index (χ1v) is 16.3. The molecule has 2 nitrogen and oxygen atoms in total. The second-order valence-electron chi connectivity index (χ2n) is 9.24. The summed E-state index contributed by atoms with van der Waals surface area (Å²) in [4.78, 5) is 10.9. The first-order valence-electron chi connectivity index (χ1n) is 11.9. The van der Waals surface area contributed by atoms with E-state index in [0.29, 0.717) is 6.42 Å². The Morgan fingerprint density at radius 1 is 0.575 bits per heavy atom. The van der Waals surface area contributed by atoms with Gasteiger partial charge in [0, 0.05) is 0 Å². The van der Waals surface area contributed by atoms with E-state index >= 15 is 0 Å². The Morgan fingerprint density at radius 3 is 1.12 bits per heavy atom. The molecule has 0 aromatic heterocycles. The molecule has 0 heterocycles. The van der Waals surface area contributed by atoms with E-state index < -0.39 is 46.5 Å². The number of rotatable bonds is 9. The van der Waals surface area contributed by atoms with Gasteiger partial charge in [0.05, 0.1) is 0 Å². The minimum absolute atomic E-state index is 0.0906. The molecule has 0 saturated heterocycles. The van der Waals surface area contributed by atoms with Crippen LogP contribution in [-0.2, 0) is 23.3 Å². The SMILES string of the molecule is O=C(O)CCCCCP(Br)(c1ccc(C(F)(F)F)cc1)(c1ccc(C(F)(F)F)cc1)c1ccc(C(F)(F)F)cc1.